The highest BCUT2D eigenvalue weighted by atomic mass is 32.2. The predicted octanol–water partition coefficient (Wildman–Crippen LogP) is 4.05. The number of sulfonamides is 1. The van der Waals surface area contributed by atoms with Crippen LogP contribution in [0.15, 0.2) is 42.5 Å². The Morgan fingerprint density at radius 1 is 1.07 bits per heavy atom. The molecule has 164 valence electrons. The number of nitrogens with one attached hydrogen (secondary N) is 1. The van der Waals surface area contributed by atoms with Crippen LogP contribution < -0.4 is 14.4 Å². The fourth-order valence-corrected chi connectivity index (χ4v) is 3.43. The lowest BCUT2D eigenvalue weighted by Gasteiger charge is -2.22. The molecule has 0 radical (unpaired) electrons. The van der Waals surface area contributed by atoms with Gasteiger partial charge in [0.2, 0.25) is 15.9 Å². The maximum atomic E-state index is 13.4. The van der Waals surface area contributed by atoms with Crippen LogP contribution in [0.25, 0.3) is 0 Å². The molecule has 30 heavy (non-hydrogen) atoms. The summed E-state index contributed by atoms with van der Waals surface area (Å²) in [7, 11) is -3.82. The normalized spacial score (nSPS) is 11.8. The molecular weight excluding hydrogens is 435 g/mol. The highest BCUT2D eigenvalue weighted by molar-refractivity contribution is 7.92. The summed E-state index contributed by atoms with van der Waals surface area (Å²) in [6.07, 6.45) is -4.02. The molecule has 2 aromatic carbocycles. The van der Waals surface area contributed by atoms with Crippen LogP contribution in [0.1, 0.15) is 12.8 Å². The van der Waals surface area contributed by atoms with Gasteiger partial charge in [0.25, 0.3) is 0 Å². The SMILES string of the molecule is CS(=O)(=O)N(CCCC(=O)Nc1ccc(OC(F)(F)F)cc1)c1ccc(F)c(F)c1. The van der Waals surface area contributed by atoms with Crippen LogP contribution in [0, 0.1) is 11.6 Å². The van der Waals surface area contributed by atoms with Crippen molar-refractivity contribution in [2.24, 2.45) is 0 Å². The van der Waals surface area contributed by atoms with Crippen molar-refractivity contribution in [2.45, 2.75) is 19.2 Å². The van der Waals surface area contributed by atoms with Gasteiger partial charge in [0.05, 0.1) is 11.9 Å². The zero-order valence-electron chi connectivity index (χ0n) is 15.5. The number of benzene rings is 2. The Hall–Kier alpha value is -2.89. The van der Waals surface area contributed by atoms with E-state index in [0.717, 1.165) is 40.9 Å². The van der Waals surface area contributed by atoms with E-state index in [0.29, 0.717) is 0 Å². The highest BCUT2D eigenvalue weighted by Gasteiger charge is 2.31. The predicted molar refractivity (Wildman–Crippen MR) is 99.5 cm³/mol. The fraction of sp³-hybridized carbons (Fsp3) is 0.278. The number of rotatable bonds is 8. The molecule has 0 spiro atoms. The Morgan fingerprint density at radius 2 is 1.70 bits per heavy atom. The molecular formula is C18H17F5N2O4S. The van der Waals surface area contributed by atoms with Gasteiger partial charge in [-0.2, -0.15) is 0 Å². The Bertz CT molecular complexity index is 995. The smallest absolute Gasteiger partial charge is 0.406 e. The summed E-state index contributed by atoms with van der Waals surface area (Å²) in [5.74, 6) is -3.30. The maximum absolute atomic E-state index is 13.4. The third-order valence-corrected chi connectivity index (χ3v) is 4.92. The highest BCUT2D eigenvalue weighted by Crippen LogP contribution is 2.24. The molecule has 1 amide bonds. The first-order valence-corrected chi connectivity index (χ1v) is 10.3. The standard InChI is InChI=1S/C18H17F5N2O4S/c1-30(27,28)25(13-6-9-15(19)16(20)11-13)10-2-3-17(26)24-12-4-7-14(8-5-12)29-18(21,22)23/h4-9,11H,2-3,10H2,1H3,(H,24,26). The minimum atomic E-state index is -4.83. The van der Waals surface area contributed by atoms with Crippen molar-refractivity contribution in [3.8, 4) is 5.75 Å². The largest absolute Gasteiger partial charge is 0.573 e. The van der Waals surface area contributed by atoms with Crippen molar-refractivity contribution in [1.29, 1.82) is 0 Å². The number of nitrogens with zero attached hydrogens (tertiary/aromatic N) is 1. The third-order valence-electron chi connectivity index (χ3n) is 3.73. The molecule has 0 saturated carbocycles. The first kappa shape index (κ1) is 23.4. The minimum Gasteiger partial charge on any atom is -0.406 e. The number of hydrogen-bond acceptors (Lipinski definition) is 4. The zero-order chi connectivity index (χ0) is 22.5. The van der Waals surface area contributed by atoms with Crippen LogP contribution in [0.2, 0.25) is 0 Å². The van der Waals surface area contributed by atoms with E-state index in [9.17, 15) is 35.2 Å². The van der Waals surface area contributed by atoms with Crippen LogP contribution in [0.5, 0.6) is 5.75 Å². The number of carbonyl (C=O) groups is 1. The first-order valence-electron chi connectivity index (χ1n) is 8.43. The summed E-state index contributed by atoms with van der Waals surface area (Å²) in [6.45, 7) is -0.171. The second-order valence-corrected chi connectivity index (χ2v) is 8.06. The lowest BCUT2D eigenvalue weighted by Crippen LogP contribution is -2.31. The second kappa shape index (κ2) is 9.28. The Labute approximate surface area is 169 Å². The van der Waals surface area contributed by atoms with Crippen molar-refractivity contribution in [2.75, 3.05) is 22.4 Å². The second-order valence-electron chi connectivity index (χ2n) is 6.16. The number of ether oxygens (including phenoxy) is 1. The lowest BCUT2D eigenvalue weighted by molar-refractivity contribution is -0.274. The zero-order valence-corrected chi connectivity index (χ0v) is 16.4. The summed E-state index contributed by atoms with van der Waals surface area (Å²) >= 11 is 0. The van der Waals surface area contributed by atoms with E-state index in [1.807, 2.05) is 0 Å². The van der Waals surface area contributed by atoms with Crippen LogP contribution in [-0.2, 0) is 14.8 Å². The van der Waals surface area contributed by atoms with Gasteiger partial charge in [0.15, 0.2) is 11.6 Å². The van der Waals surface area contributed by atoms with Gasteiger partial charge in [-0.3, -0.25) is 9.10 Å². The molecule has 0 heterocycles. The van der Waals surface area contributed by atoms with Gasteiger partial charge < -0.3 is 10.1 Å². The first-order chi connectivity index (χ1) is 13.8. The minimum absolute atomic E-state index is 0.0488. The van der Waals surface area contributed by atoms with E-state index in [1.54, 1.807) is 0 Å². The van der Waals surface area contributed by atoms with E-state index in [2.05, 4.69) is 10.1 Å². The summed E-state index contributed by atoms with van der Waals surface area (Å²) in [5.41, 5.74) is 0.132. The summed E-state index contributed by atoms with van der Waals surface area (Å²) < 4.78 is 91.3. The molecule has 6 nitrogen and oxygen atoms in total. The molecule has 0 aliphatic heterocycles. The molecule has 0 aliphatic rings. The molecule has 0 bridgehead atoms. The van der Waals surface area contributed by atoms with E-state index in [4.69, 9.17) is 0 Å². The summed E-state index contributed by atoms with van der Waals surface area (Å²) in [6, 6.07) is 7.11. The average Bonchev–Trinajstić information content (AvgIpc) is 2.61. The summed E-state index contributed by atoms with van der Waals surface area (Å²) in [5, 5.41) is 2.45. The van der Waals surface area contributed by atoms with Crippen molar-refractivity contribution in [3.05, 3.63) is 54.1 Å². The number of carbonyl (C=O) groups excluding carboxylic acids is 1. The summed E-state index contributed by atoms with van der Waals surface area (Å²) in [4.78, 5) is 12.0. The molecule has 0 atom stereocenters. The number of halogens is 5. The molecule has 2 aromatic rings. The number of amides is 1. The van der Waals surface area contributed by atoms with Crippen molar-refractivity contribution < 1.29 is 39.9 Å². The Morgan fingerprint density at radius 3 is 2.23 bits per heavy atom. The van der Waals surface area contributed by atoms with Gasteiger partial charge in [-0.25, -0.2) is 17.2 Å². The monoisotopic (exact) mass is 452 g/mol. The average molecular weight is 452 g/mol. The number of anilines is 2. The number of alkyl halides is 3. The Kier molecular flexibility index (Phi) is 7.24. The molecule has 0 saturated heterocycles. The molecule has 12 heteroatoms. The van der Waals surface area contributed by atoms with Crippen LogP contribution in [-0.4, -0.2) is 33.5 Å². The van der Waals surface area contributed by atoms with Crippen LogP contribution in [0.4, 0.5) is 33.3 Å². The maximum Gasteiger partial charge on any atom is 0.573 e. The van der Waals surface area contributed by atoms with E-state index in [1.165, 1.54) is 12.1 Å². The van der Waals surface area contributed by atoms with Gasteiger partial charge in [0.1, 0.15) is 5.75 Å². The number of hydrogen-bond donors (Lipinski definition) is 1. The topological polar surface area (TPSA) is 75.7 Å². The fourth-order valence-electron chi connectivity index (χ4n) is 2.47. The molecule has 0 unspecified atom stereocenters. The Balaban J connectivity index is 1.93. The molecule has 0 fully saturated rings. The van der Waals surface area contributed by atoms with E-state index < -0.39 is 39.7 Å². The molecule has 0 aromatic heterocycles. The van der Waals surface area contributed by atoms with Gasteiger partial charge in [-0.1, -0.05) is 0 Å². The van der Waals surface area contributed by atoms with E-state index in [-0.39, 0.29) is 30.8 Å². The van der Waals surface area contributed by atoms with Gasteiger partial charge in [0, 0.05) is 24.7 Å². The van der Waals surface area contributed by atoms with Gasteiger partial charge >= 0.3 is 6.36 Å². The van der Waals surface area contributed by atoms with Crippen molar-refractivity contribution in [3.63, 3.8) is 0 Å². The third kappa shape index (κ3) is 7.17. The van der Waals surface area contributed by atoms with Crippen molar-refractivity contribution in [1.82, 2.24) is 0 Å². The van der Waals surface area contributed by atoms with Gasteiger partial charge in [-0.15, -0.1) is 13.2 Å². The van der Waals surface area contributed by atoms with E-state index >= 15 is 0 Å². The molecule has 1 N–H and O–H groups in total. The van der Waals surface area contributed by atoms with Crippen molar-refractivity contribution >= 4 is 27.3 Å². The molecule has 2 rings (SSSR count). The van der Waals surface area contributed by atoms with Gasteiger partial charge in [-0.05, 0) is 42.8 Å². The van der Waals surface area contributed by atoms with Crippen LogP contribution >= 0.6 is 0 Å². The lowest BCUT2D eigenvalue weighted by atomic mass is 10.2. The quantitative estimate of drug-likeness (QED) is 0.614. The molecule has 0 aliphatic carbocycles. The van der Waals surface area contributed by atoms with Crippen LogP contribution in [0.3, 0.4) is 0 Å².